The van der Waals surface area contributed by atoms with Crippen LogP contribution in [0.25, 0.3) is 10.9 Å². The van der Waals surface area contributed by atoms with Crippen molar-refractivity contribution in [3.63, 3.8) is 0 Å². The lowest BCUT2D eigenvalue weighted by molar-refractivity contribution is -0.144. The molecule has 2 aromatic rings. The van der Waals surface area contributed by atoms with Crippen LogP contribution in [0.4, 0.5) is 13.2 Å². The van der Waals surface area contributed by atoms with Gasteiger partial charge in [0.1, 0.15) is 5.15 Å². The summed E-state index contributed by atoms with van der Waals surface area (Å²) in [6.07, 6.45) is -4.68. The molecule has 0 saturated heterocycles. The zero-order valence-electron chi connectivity index (χ0n) is 7.82. The van der Waals surface area contributed by atoms with E-state index in [4.69, 9.17) is 34.8 Å². The van der Waals surface area contributed by atoms with E-state index in [0.29, 0.717) is 0 Å². The van der Waals surface area contributed by atoms with Gasteiger partial charge in [0.25, 0.3) is 0 Å². The van der Waals surface area contributed by atoms with Crippen LogP contribution in [0.3, 0.4) is 0 Å². The highest BCUT2D eigenvalue weighted by atomic mass is 35.5. The predicted molar refractivity (Wildman–Crippen MR) is 59.6 cm³/mol. The van der Waals surface area contributed by atoms with Crippen LogP contribution in [0.5, 0.6) is 0 Å². The minimum Gasteiger partial charge on any atom is -0.223 e. The van der Waals surface area contributed by atoms with E-state index in [-0.39, 0.29) is 26.1 Å². The Kier molecular flexibility index (Phi) is 3.10. The van der Waals surface area contributed by atoms with E-state index in [1.54, 1.807) is 0 Å². The third-order valence-electron chi connectivity index (χ3n) is 1.93. The van der Waals surface area contributed by atoms with Gasteiger partial charge in [-0.2, -0.15) is 13.2 Å². The average Bonchev–Trinajstić information content (AvgIpc) is 2.17. The first-order chi connectivity index (χ1) is 7.79. The fourth-order valence-electron chi connectivity index (χ4n) is 1.25. The van der Waals surface area contributed by atoms with Crippen molar-refractivity contribution in [2.75, 3.05) is 0 Å². The summed E-state index contributed by atoms with van der Waals surface area (Å²) in [7, 11) is 0. The molecule has 8 heteroatoms. The minimum atomic E-state index is -4.68. The highest BCUT2D eigenvalue weighted by Crippen LogP contribution is 2.34. The third kappa shape index (κ3) is 2.41. The molecule has 2 nitrogen and oxygen atoms in total. The van der Waals surface area contributed by atoms with Gasteiger partial charge in [-0.1, -0.05) is 34.8 Å². The first kappa shape index (κ1) is 12.7. The molecule has 0 aliphatic rings. The Hall–Kier alpha value is -0.780. The second-order valence-electron chi connectivity index (χ2n) is 3.12. The number of rotatable bonds is 0. The Morgan fingerprint density at radius 3 is 2.24 bits per heavy atom. The molecule has 0 amide bonds. The summed E-state index contributed by atoms with van der Waals surface area (Å²) in [5.41, 5.74) is -0.0802. The van der Waals surface area contributed by atoms with Crippen molar-refractivity contribution < 1.29 is 13.2 Å². The van der Waals surface area contributed by atoms with Crippen LogP contribution in [0.1, 0.15) is 5.82 Å². The van der Waals surface area contributed by atoms with Crippen LogP contribution in [-0.2, 0) is 6.18 Å². The molecule has 0 fully saturated rings. The Morgan fingerprint density at radius 1 is 1.00 bits per heavy atom. The van der Waals surface area contributed by atoms with Crippen LogP contribution in [0.2, 0.25) is 15.2 Å². The van der Waals surface area contributed by atoms with Gasteiger partial charge in [0.15, 0.2) is 0 Å². The van der Waals surface area contributed by atoms with Gasteiger partial charge in [0.05, 0.1) is 10.5 Å². The number of aromatic nitrogens is 2. The zero-order valence-corrected chi connectivity index (χ0v) is 10.1. The molecule has 0 unspecified atom stereocenters. The van der Waals surface area contributed by atoms with E-state index >= 15 is 0 Å². The normalized spacial score (nSPS) is 12.1. The number of nitrogens with zero attached hydrogens (tertiary/aromatic N) is 2. The van der Waals surface area contributed by atoms with Gasteiger partial charge in [-0.05, 0) is 12.1 Å². The molecule has 0 N–H and O–H groups in total. The first-order valence-corrected chi connectivity index (χ1v) is 5.32. The van der Waals surface area contributed by atoms with E-state index in [2.05, 4.69) is 9.97 Å². The van der Waals surface area contributed by atoms with E-state index in [1.807, 2.05) is 0 Å². The van der Waals surface area contributed by atoms with E-state index in [1.165, 1.54) is 12.1 Å². The lowest BCUT2D eigenvalue weighted by atomic mass is 10.2. The quantitative estimate of drug-likeness (QED) is 0.664. The standard InChI is InChI=1S/C9H2Cl3F3N2/c10-3-1-4-6(5(11)2-3)16-8(9(13,14)15)17-7(4)12/h1-2H. The lowest BCUT2D eigenvalue weighted by Crippen LogP contribution is -2.11. The largest absolute Gasteiger partial charge is 0.451 e. The molecule has 90 valence electrons. The molecule has 1 aromatic heterocycles. The van der Waals surface area contributed by atoms with Crippen molar-refractivity contribution in [3.05, 3.63) is 33.2 Å². The van der Waals surface area contributed by atoms with Gasteiger partial charge in [0, 0.05) is 10.4 Å². The summed E-state index contributed by atoms with van der Waals surface area (Å²) in [5, 5.41) is 0.0685. The molecule has 0 saturated carbocycles. The van der Waals surface area contributed by atoms with Crippen LogP contribution < -0.4 is 0 Å². The smallest absolute Gasteiger partial charge is 0.223 e. The van der Waals surface area contributed by atoms with Gasteiger partial charge in [0.2, 0.25) is 5.82 Å². The van der Waals surface area contributed by atoms with Crippen molar-refractivity contribution in [1.29, 1.82) is 0 Å². The van der Waals surface area contributed by atoms with Gasteiger partial charge in [-0.25, -0.2) is 9.97 Å². The van der Waals surface area contributed by atoms with Crippen molar-refractivity contribution in [2.24, 2.45) is 0 Å². The number of hydrogen-bond acceptors (Lipinski definition) is 2. The second-order valence-corrected chi connectivity index (χ2v) is 4.32. The minimum absolute atomic E-state index is 0.0118. The average molecular weight is 301 g/mol. The van der Waals surface area contributed by atoms with E-state index in [0.717, 1.165) is 0 Å². The maximum Gasteiger partial charge on any atom is 0.451 e. The van der Waals surface area contributed by atoms with Crippen LogP contribution in [-0.4, -0.2) is 9.97 Å². The third-order valence-corrected chi connectivity index (χ3v) is 2.72. The molecular weight excluding hydrogens is 299 g/mol. The van der Waals surface area contributed by atoms with Crippen molar-refractivity contribution >= 4 is 45.7 Å². The molecule has 2 rings (SSSR count). The molecule has 0 atom stereocenters. The molecular formula is C9H2Cl3F3N2. The monoisotopic (exact) mass is 300 g/mol. The number of hydrogen-bond donors (Lipinski definition) is 0. The van der Waals surface area contributed by atoms with Crippen LogP contribution in [0, 0.1) is 0 Å². The fraction of sp³-hybridized carbons (Fsp3) is 0.111. The Morgan fingerprint density at radius 2 is 1.65 bits per heavy atom. The zero-order chi connectivity index (χ0) is 12.8. The molecule has 1 heterocycles. The summed E-state index contributed by atoms with van der Waals surface area (Å²) in [6, 6.07) is 2.64. The topological polar surface area (TPSA) is 25.8 Å². The molecule has 17 heavy (non-hydrogen) atoms. The maximum absolute atomic E-state index is 12.5. The summed E-state index contributed by atoms with van der Waals surface area (Å²) in [6.45, 7) is 0. The summed E-state index contributed by atoms with van der Waals surface area (Å²) < 4.78 is 37.4. The Bertz CT molecular complexity index is 598. The highest BCUT2D eigenvalue weighted by molar-refractivity contribution is 6.40. The number of benzene rings is 1. The van der Waals surface area contributed by atoms with E-state index < -0.39 is 12.0 Å². The van der Waals surface area contributed by atoms with Gasteiger partial charge in [-0.3, -0.25) is 0 Å². The highest BCUT2D eigenvalue weighted by Gasteiger charge is 2.35. The Labute approximate surface area is 108 Å². The van der Waals surface area contributed by atoms with Crippen molar-refractivity contribution in [2.45, 2.75) is 6.18 Å². The lowest BCUT2D eigenvalue weighted by Gasteiger charge is -2.08. The molecule has 1 aromatic carbocycles. The summed E-state index contributed by atoms with van der Waals surface area (Å²) in [4.78, 5) is 6.50. The molecule has 0 bridgehead atoms. The molecule has 0 radical (unpaired) electrons. The molecule has 0 spiro atoms. The van der Waals surface area contributed by atoms with E-state index in [9.17, 15) is 13.2 Å². The molecule has 0 aliphatic heterocycles. The number of fused-ring (bicyclic) bond motifs is 1. The van der Waals surface area contributed by atoms with Crippen LogP contribution in [0.15, 0.2) is 12.1 Å². The second kappa shape index (κ2) is 4.15. The van der Waals surface area contributed by atoms with Crippen LogP contribution >= 0.6 is 34.8 Å². The summed E-state index contributed by atoms with van der Waals surface area (Å²) in [5.74, 6) is -1.33. The number of halogens is 6. The summed E-state index contributed by atoms with van der Waals surface area (Å²) >= 11 is 17.1. The first-order valence-electron chi connectivity index (χ1n) is 4.18. The van der Waals surface area contributed by atoms with Crippen molar-refractivity contribution in [1.82, 2.24) is 9.97 Å². The Balaban J connectivity index is 2.83. The van der Waals surface area contributed by atoms with Gasteiger partial charge >= 0.3 is 6.18 Å². The molecule has 0 aliphatic carbocycles. The fourth-order valence-corrected chi connectivity index (χ4v) is 2.01. The van der Waals surface area contributed by atoms with Gasteiger partial charge in [-0.15, -0.1) is 0 Å². The van der Waals surface area contributed by atoms with Gasteiger partial charge < -0.3 is 0 Å². The predicted octanol–water partition coefficient (Wildman–Crippen LogP) is 4.61. The maximum atomic E-state index is 12.5. The van der Waals surface area contributed by atoms with Crippen molar-refractivity contribution in [3.8, 4) is 0 Å². The number of alkyl halides is 3. The SMILES string of the molecule is FC(F)(F)c1nc(Cl)c2cc(Cl)cc(Cl)c2n1.